The van der Waals surface area contributed by atoms with Gasteiger partial charge in [-0.15, -0.1) is 0 Å². The molecule has 0 bridgehead atoms. The smallest absolute Gasteiger partial charge is 0.251 e. The Morgan fingerprint density at radius 2 is 1.95 bits per heavy atom. The van der Waals surface area contributed by atoms with Crippen LogP contribution < -0.4 is 5.32 Å². The Balaban J connectivity index is 2.00. The highest BCUT2D eigenvalue weighted by Gasteiger charge is 2.12. The topological polar surface area (TPSA) is 49.3 Å². The van der Waals surface area contributed by atoms with Crippen molar-refractivity contribution in [2.24, 2.45) is 0 Å². The first-order chi connectivity index (χ1) is 9.58. The third kappa shape index (κ3) is 3.59. The largest absolute Gasteiger partial charge is 0.387 e. The van der Waals surface area contributed by atoms with Crippen molar-refractivity contribution in [3.05, 3.63) is 70.2 Å². The summed E-state index contributed by atoms with van der Waals surface area (Å²) >= 11 is 5.89. The van der Waals surface area contributed by atoms with E-state index < -0.39 is 6.10 Å². The molecule has 0 fully saturated rings. The maximum absolute atomic E-state index is 12.1. The SMILES string of the molecule is Cc1ccc(Cl)cc1C(=O)NCC(O)c1ccccc1. The molecule has 0 saturated carbocycles. The molecule has 1 amide bonds. The van der Waals surface area contributed by atoms with Crippen LogP contribution in [0.3, 0.4) is 0 Å². The zero-order valence-corrected chi connectivity index (χ0v) is 11.9. The van der Waals surface area contributed by atoms with Crippen LogP contribution in [0.5, 0.6) is 0 Å². The van der Waals surface area contributed by atoms with Crippen LogP contribution in [0, 0.1) is 6.92 Å². The highest BCUT2D eigenvalue weighted by atomic mass is 35.5. The minimum atomic E-state index is -0.723. The Bertz CT molecular complexity index is 599. The normalized spacial score (nSPS) is 11.9. The summed E-state index contributed by atoms with van der Waals surface area (Å²) in [4.78, 5) is 12.1. The molecule has 0 aliphatic heterocycles. The molecule has 2 rings (SSSR count). The number of amides is 1. The third-order valence-electron chi connectivity index (χ3n) is 3.08. The van der Waals surface area contributed by atoms with Crippen LogP contribution in [0.1, 0.15) is 27.6 Å². The molecule has 0 aromatic heterocycles. The number of halogens is 1. The van der Waals surface area contributed by atoms with Gasteiger partial charge in [-0.1, -0.05) is 48.0 Å². The predicted octanol–water partition coefficient (Wildman–Crippen LogP) is 3.11. The summed E-state index contributed by atoms with van der Waals surface area (Å²) in [7, 11) is 0. The number of aryl methyl sites for hydroxylation is 1. The summed E-state index contributed by atoms with van der Waals surface area (Å²) in [6.07, 6.45) is -0.723. The van der Waals surface area contributed by atoms with E-state index in [-0.39, 0.29) is 12.5 Å². The lowest BCUT2D eigenvalue weighted by Crippen LogP contribution is -2.28. The van der Waals surface area contributed by atoms with Crippen LogP contribution in [-0.2, 0) is 0 Å². The summed E-state index contributed by atoms with van der Waals surface area (Å²) in [6, 6.07) is 14.4. The Kier molecular flexibility index (Phi) is 4.77. The summed E-state index contributed by atoms with van der Waals surface area (Å²) in [6.45, 7) is 2.01. The molecule has 0 spiro atoms. The molecule has 0 radical (unpaired) electrons. The van der Waals surface area contributed by atoms with Crippen LogP contribution in [0.2, 0.25) is 5.02 Å². The number of nitrogens with one attached hydrogen (secondary N) is 1. The first-order valence-electron chi connectivity index (χ1n) is 6.35. The lowest BCUT2D eigenvalue weighted by atomic mass is 10.1. The number of carbonyl (C=O) groups excluding carboxylic acids is 1. The molecule has 3 nitrogen and oxygen atoms in total. The van der Waals surface area contributed by atoms with Gasteiger partial charge in [0.1, 0.15) is 0 Å². The van der Waals surface area contributed by atoms with Crippen molar-refractivity contribution in [2.75, 3.05) is 6.54 Å². The molecule has 2 aromatic rings. The molecular weight excluding hydrogens is 274 g/mol. The van der Waals surface area contributed by atoms with Crippen molar-refractivity contribution in [1.29, 1.82) is 0 Å². The zero-order chi connectivity index (χ0) is 14.5. The molecule has 1 atom stereocenters. The van der Waals surface area contributed by atoms with Crippen LogP contribution in [0.15, 0.2) is 48.5 Å². The van der Waals surface area contributed by atoms with E-state index in [0.717, 1.165) is 11.1 Å². The standard InChI is InChI=1S/C16H16ClNO2/c1-11-7-8-13(17)9-14(11)16(20)18-10-15(19)12-5-3-2-4-6-12/h2-9,15,19H,10H2,1H3,(H,18,20). The fraction of sp³-hybridized carbons (Fsp3) is 0.188. The van der Waals surface area contributed by atoms with E-state index in [1.54, 1.807) is 18.2 Å². The molecule has 20 heavy (non-hydrogen) atoms. The minimum Gasteiger partial charge on any atom is -0.387 e. The highest BCUT2D eigenvalue weighted by molar-refractivity contribution is 6.31. The predicted molar refractivity (Wildman–Crippen MR) is 79.9 cm³/mol. The Labute approximate surface area is 123 Å². The summed E-state index contributed by atoms with van der Waals surface area (Å²) in [5.74, 6) is -0.236. The number of aliphatic hydroxyl groups excluding tert-OH is 1. The fourth-order valence-corrected chi connectivity index (χ4v) is 2.09. The fourth-order valence-electron chi connectivity index (χ4n) is 1.92. The van der Waals surface area contributed by atoms with E-state index in [0.29, 0.717) is 10.6 Å². The number of rotatable bonds is 4. The maximum atomic E-state index is 12.1. The van der Waals surface area contributed by atoms with Gasteiger partial charge in [0.2, 0.25) is 0 Å². The lowest BCUT2D eigenvalue weighted by molar-refractivity contribution is 0.0915. The maximum Gasteiger partial charge on any atom is 0.251 e. The second-order valence-corrected chi connectivity index (χ2v) is 5.03. The summed E-state index contributed by atoms with van der Waals surface area (Å²) in [5.41, 5.74) is 2.15. The molecule has 104 valence electrons. The second-order valence-electron chi connectivity index (χ2n) is 4.60. The van der Waals surface area contributed by atoms with Crippen molar-refractivity contribution in [1.82, 2.24) is 5.32 Å². The van der Waals surface area contributed by atoms with Gasteiger partial charge in [-0.05, 0) is 30.2 Å². The van der Waals surface area contributed by atoms with Crippen LogP contribution in [0.25, 0.3) is 0 Å². The number of hydrogen-bond donors (Lipinski definition) is 2. The molecule has 0 aliphatic carbocycles. The molecule has 1 unspecified atom stereocenters. The molecule has 0 aliphatic rings. The lowest BCUT2D eigenvalue weighted by Gasteiger charge is -2.13. The molecule has 4 heteroatoms. The molecule has 0 saturated heterocycles. The molecule has 0 heterocycles. The van der Waals surface area contributed by atoms with Gasteiger partial charge < -0.3 is 10.4 Å². The van der Waals surface area contributed by atoms with Crippen molar-refractivity contribution in [3.8, 4) is 0 Å². The van der Waals surface area contributed by atoms with Gasteiger partial charge in [-0.25, -0.2) is 0 Å². The van der Waals surface area contributed by atoms with Crippen molar-refractivity contribution in [2.45, 2.75) is 13.0 Å². The number of hydrogen-bond acceptors (Lipinski definition) is 2. The van der Waals surface area contributed by atoms with E-state index in [1.807, 2.05) is 37.3 Å². The van der Waals surface area contributed by atoms with Gasteiger partial charge in [-0.2, -0.15) is 0 Å². The minimum absolute atomic E-state index is 0.162. The number of carbonyl (C=O) groups is 1. The van der Waals surface area contributed by atoms with Crippen molar-refractivity contribution >= 4 is 17.5 Å². The Hall–Kier alpha value is -1.84. The highest BCUT2D eigenvalue weighted by Crippen LogP contribution is 2.16. The van der Waals surface area contributed by atoms with Crippen molar-refractivity contribution < 1.29 is 9.90 Å². The quantitative estimate of drug-likeness (QED) is 0.908. The van der Waals surface area contributed by atoms with E-state index in [9.17, 15) is 9.90 Å². The van der Waals surface area contributed by atoms with Crippen LogP contribution in [-0.4, -0.2) is 17.6 Å². The van der Waals surface area contributed by atoms with Crippen molar-refractivity contribution in [3.63, 3.8) is 0 Å². The van der Waals surface area contributed by atoms with Gasteiger partial charge in [-0.3, -0.25) is 4.79 Å². The Morgan fingerprint density at radius 1 is 1.25 bits per heavy atom. The van der Waals surface area contributed by atoms with Gasteiger partial charge in [0.05, 0.1) is 6.10 Å². The van der Waals surface area contributed by atoms with E-state index in [1.165, 1.54) is 0 Å². The summed E-state index contributed by atoms with van der Waals surface area (Å²) < 4.78 is 0. The average molecular weight is 290 g/mol. The summed E-state index contributed by atoms with van der Waals surface area (Å²) in [5, 5.41) is 13.2. The van der Waals surface area contributed by atoms with Gasteiger partial charge >= 0.3 is 0 Å². The first-order valence-corrected chi connectivity index (χ1v) is 6.73. The molecule has 2 aromatic carbocycles. The number of benzene rings is 2. The number of aliphatic hydroxyl groups is 1. The Morgan fingerprint density at radius 3 is 2.65 bits per heavy atom. The van der Waals surface area contributed by atoms with E-state index >= 15 is 0 Å². The first kappa shape index (κ1) is 14.6. The van der Waals surface area contributed by atoms with Crippen LogP contribution >= 0.6 is 11.6 Å². The third-order valence-corrected chi connectivity index (χ3v) is 3.32. The van der Waals surface area contributed by atoms with Gasteiger partial charge in [0.25, 0.3) is 5.91 Å². The monoisotopic (exact) mass is 289 g/mol. The van der Waals surface area contributed by atoms with E-state index in [4.69, 9.17) is 11.6 Å². The zero-order valence-electron chi connectivity index (χ0n) is 11.1. The van der Waals surface area contributed by atoms with E-state index in [2.05, 4.69) is 5.32 Å². The van der Waals surface area contributed by atoms with Gasteiger partial charge in [0.15, 0.2) is 0 Å². The average Bonchev–Trinajstić information content (AvgIpc) is 2.47. The van der Waals surface area contributed by atoms with Crippen LogP contribution in [0.4, 0.5) is 0 Å². The second kappa shape index (κ2) is 6.55. The molecule has 2 N–H and O–H groups in total. The molecular formula is C16H16ClNO2. The van der Waals surface area contributed by atoms with Gasteiger partial charge in [0, 0.05) is 17.1 Å².